The zero-order chi connectivity index (χ0) is 23.7. The lowest BCUT2D eigenvalue weighted by molar-refractivity contribution is 0.120. The van der Waals surface area contributed by atoms with E-state index in [9.17, 15) is 13.2 Å². The van der Waals surface area contributed by atoms with Crippen molar-refractivity contribution in [1.82, 2.24) is 4.72 Å². The molecule has 0 saturated heterocycles. The molecule has 0 saturated carbocycles. The number of benzene rings is 2. The van der Waals surface area contributed by atoms with E-state index in [4.69, 9.17) is 23.7 Å². The Kier molecular flexibility index (Phi) is 8.59. The molecule has 0 aliphatic rings. The Labute approximate surface area is 186 Å². The van der Waals surface area contributed by atoms with E-state index in [1.807, 2.05) is 0 Å². The molecule has 2 aromatic carbocycles. The molecule has 0 aromatic heterocycles. The van der Waals surface area contributed by atoms with Gasteiger partial charge < -0.3 is 28.4 Å². The molecular weight excluding hydrogens is 442 g/mol. The molecular formula is C21H25NO9S. The van der Waals surface area contributed by atoms with Gasteiger partial charge in [0.2, 0.25) is 10.0 Å². The van der Waals surface area contributed by atoms with E-state index in [0.29, 0.717) is 28.4 Å². The third-order valence-corrected chi connectivity index (χ3v) is 5.40. The molecule has 0 radical (unpaired) electrons. The number of carbonyl (C=O) groups excluding carboxylic acids is 1. The first-order valence-corrected chi connectivity index (χ1v) is 10.8. The Hall–Kier alpha value is -3.60. The predicted octanol–water partition coefficient (Wildman–Crippen LogP) is 2.96. The Morgan fingerprint density at radius 2 is 1.50 bits per heavy atom. The number of hydrogen-bond donors (Lipinski definition) is 1. The number of methoxy groups -OCH3 is 5. The lowest BCUT2D eigenvalue weighted by atomic mass is 10.1. The summed E-state index contributed by atoms with van der Waals surface area (Å²) in [4.78, 5) is 11.4. The number of nitrogens with one attached hydrogen (secondary N) is 1. The van der Waals surface area contributed by atoms with Crippen molar-refractivity contribution in [3.63, 3.8) is 0 Å². The van der Waals surface area contributed by atoms with Gasteiger partial charge in [-0.1, -0.05) is 6.07 Å². The molecule has 0 atom stereocenters. The van der Waals surface area contributed by atoms with Gasteiger partial charge in [0.1, 0.15) is 17.2 Å². The SMILES string of the molecule is COC(=O)Oc1cc(CS(=O)(=O)NC=Cc2c(OC)cc(OC)cc2OC)ccc1OC. The summed E-state index contributed by atoms with van der Waals surface area (Å²) in [6.07, 6.45) is 1.82. The second kappa shape index (κ2) is 11.1. The zero-order valence-electron chi connectivity index (χ0n) is 18.3. The average molecular weight is 467 g/mol. The minimum absolute atomic E-state index is 0.0373. The summed E-state index contributed by atoms with van der Waals surface area (Å²) in [5.41, 5.74) is 0.891. The number of sulfonamides is 1. The molecule has 1 N–H and O–H groups in total. The second-order valence-corrected chi connectivity index (χ2v) is 7.95. The van der Waals surface area contributed by atoms with Gasteiger partial charge in [0.25, 0.3) is 0 Å². The maximum absolute atomic E-state index is 12.5. The maximum atomic E-state index is 12.5. The van der Waals surface area contributed by atoms with Crippen molar-refractivity contribution < 1.29 is 41.6 Å². The van der Waals surface area contributed by atoms with E-state index in [0.717, 1.165) is 7.11 Å². The molecule has 11 heteroatoms. The molecule has 10 nitrogen and oxygen atoms in total. The van der Waals surface area contributed by atoms with E-state index in [-0.39, 0.29) is 17.3 Å². The first kappa shape index (κ1) is 24.7. The van der Waals surface area contributed by atoms with Crippen molar-refractivity contribution in [2.24, 2.45) is 0 Å². The molecule has 2 rings (SSSR count). The molecule has 0 aliphatic heterocycles. The molecule has 32 heavy (non-hydrogen) atoms. The first-order chi connectivity index (χ1) is 15.3. The molecule has 0 spiro atoms. The van der Waals surface area contributed by atoms with Crippen LogP contribution in [0.3, 0.4) is 0 Å². The highest BCUT2D eigenvalue weighted by atomic mass is 32.2. The standard InChI is InChI=1S/C21H25NO9S/c1-26-15-11-18(28-3)16(19(12-15)29-4)8-9-22-32(24,25)13-14-6-7-17(27-2)20(10-14)31-21(23)30-5/h6-12,22H,13H2,1-5H3. The van der Waals surface area contributed by atoms with Crippen LogP contribution in [-0.4, -0.2) is 50.1 Å². The summed E-state index contributed by atoms with van der Waals surface area (Å²) in [5, 5.41) is 0. The Balaban J connectivity index is 2.21. The Morgan fingerprint density at radius 3 is 2.03 bits per heavy atom. The van der Waals surface area contributed by atoms with Gasteiger partial charge in [-0.05, 0) is 23.8 Å². The lowest BCUT2D eigenvalue weighted by Crippen LogP contribution is -2.19. The Bertz CT molecular complexity index is 1060. The van der Waals surface area contributed by atoms with Crippen LogP contribution in [0.4, 0.5) is 4.79 Å². The van der Waals surface area contributed by atoms with E-state index in [1.165, 1.54) is 52.8 Å². The van der Waals surface area contributed by atoms with Gasteiger partial charge in [0.15, 0.2) is 11.5 Å². The third-order valence-electron chi connectivity index (χ3n) is 4.20. The summed E-state index contributed by atoms with van der Waals surface area (Å²) in [7, 11) is 3.24. The number of hydrogen-bond acceptors (Lipinski definition) is 9. The molecule has 0 amide bonds. The van der Waals surface area contributed by atoms with Crippen LogP contribution in [0.2, 0.25) is 0 Å². The van der Waals surface area contributed by atoms with Gasteiger partial charge in [-0.2, -0.15) is 0 Å². The summed E-state index contributed by atoms with van der Waals surface area (Å²) in [6, 6.07) is 7.72. The fraction of sp³-hybridized carbons (Fsp3) is 0.286. The topological polar surface area (TPSA) is 119 Å². The van der Waals surface area contributed by atoms with Crippen molar-refractivity contribution in [2.75, 3.05) is 35.5 Å². The minimum Gasteiger partial charge on any atom is -0.496 e. The van der Waals surface area contributed by atoms with Crippen molar-refractivity contribution in [1.29, 1.82) is 0 Å². The largest absolute Gasteiger partial charge is 0.513 e. The predicted molar refractivity (Wildman–Crippen MR) is 117 cm³/mol. The lowest BCUT2D eigenvalue weighted by Gasteiger charge is -2.13. The summed E-state index contributed by atoms with van der Waals surface area (Å²) < 4.78 is 57.9. The molecule has 0 bridgehead atoms. The molecule has 174 valence electrons. The molecule has 0 aliphatic carbocycles. The minimum atomic E-state index is -3.78. The van der Waals surface area contributed by atoms with Gasteiger partial charge in [0.05, 0.1) is 46.9 Å². The molecule has 0 fully saturated rings. The van der Waals surface area contributed by atoms with Gasteiger partial charge in [-0.15, -0.1) is 0 Å². The molecule has 0 unspecified atom stereocenters. The molecule has 2 aromatic rings. The number of carbonyl (C=O) groups is 1. The van der Waals surface area contributed by atoms with Gasteiger partial charge >= 0.3 is 6.16 Å². The van der Waals surface area contributed by atoms with E-state index >= 15 is 0 Å². The van der Waals surface area contributed by atoms with Crippen LogP contribution in [0.15, 0.2) is 36.5 Å². The highest BCUT2D eigenvalue weighted by Crippen LogP contribution is 2.35. The van der Waals surface area contributed by atoms with Gasteiger partial charge in [-0.3, -0.25) is 4.72 Å². The van der Waals surface area contributed by atoms with Crippen LogP contribution in [-0.2, 0) is 20.5 Å². The van der Waals surface area contributed by atoms with E-state index in [1.54, 1.807) is 18.2 Å². The van der Waals surface area contributed by atoms with Gasteiger partial charge in [-0.25, -0.2) is 13.2 Å². The van der Waals surface area contributed by atoms with E-state index < -0.39 is 16.2 Å². The van der Waals surface area contributed by atoms with Gasteiger partial charge in [0, 0.05) is 18.3 Å². The quantitative estimate of drug-likeness (QED) is 0.415. The van der Waals surface area contributed by atoms with Crippen molar-refractivity contribution in [3.05, 3.63) is 47.7 Å². The monoisotopic (exact) mass is 467 g/mol. The summed E-state index contributed by atoms with van der Waals surface area (Å²) in [6.45, 7) is 0. The fourth-order valence-corrected chi connectivity index (χ4v) is 3.68. The Morgan fingerprint density at radius 1 is 0.875 bits per heavy atom. The highest BCUT2D eigenvalue weighted by molar-refractivity contribution is 7.88. The third kappa shape index (κ3) is 6.45. The average Bonchev–Trinajstić information content (AvgIpc) is 2.78. The zero-order valence-corrected chi connectivity index (χ0v) is 19.1. The number of rotatable bonds is 10. The number of ether oxygens (including phenoxy) is 6. The van der Waals surface area contributed by atoms with Crippen molar-refractivity contribution in [2.45, 2.75) is 5.75 Å². The smallest absolute Gasteiger partial charge is 0.496 e. The van der Waals surface area contributed by atoms with E-state index in [2.05, 4.69) is 9.46 Å². The van der Waals surface area contributed by atoms with Crippen molar-refractivity contribution in [3.8, 4) is 28.7 Å². The van der Waals surface area contributed by atoms with Crippen LogP contribution in [0, 0.1) is 0 Å². The summed E-state index contributed by atoms with van der Waals surface area (Å²) in [5.74, 6) is 1.32. The van der Waals surface area contributed by atoms with Crippen LogP contribution in [0.5, 0.6) is 28.7 Å². The van der Waals surface area contributed by atoms with Crippen LogP contribution < -0.4 is 28.4 Å². The van der Waals surface area contributed by atoms with Crippen molar-refractivity contribution >= 4 is 22.3 Å². The maximum Gasteiger partial charge on any atom is 0.513 e. The molecule has 0 heterocycles. The van der Waals surface area contributed by atoms with Crippen LogP contribution in [0.1, 0.15) is 11.1 Å². The highest BCUT2D eigenvalue weighted by Gasteiger charge is 2.16. The fourth-order valence-electron chi connectivity index (χ4n) is 2.70. The van der Waals surface area contributed by atoms with Crippen LogP contribution in [0.25, 0.3) is 6.08 Å². The first-order valence-electron chi connectivity index (χ1n) is 9.16. The summed E-state index contributed by atoms with van der Waals surface area (Å²) >= 11 is 0. The normalized spacial score (nSPS) is 11.0. The van der Waals surface area contributed by atoms with Crippen LogP contribution >= 0.6 is 0 Å². The second-order valence-electron chi connectivity index (χ2n) is 6.20.